The third-order valence-corrected chi connectivity index (χ3v) is 3.80. The van der Waals surface area contributed by atoms with E-state index < -0.39 is 6.03 Å². The van der Waals surface area contributed by atoms with Crippen LogP contribution in [0.15, 0.2) is 54.2 Å². The second-order valence-electron chi connectivity index (χ2n) is 5.48. The number of hydrogen-bond acceptors (Lipinski definition) is 4. The number of imide groups is 1. The predicted octanol–water partition coefficient (Wildman–Crippen LogP) is 2.66. The molecule has 2 aromatic carbocycles. The van der Waals surface area contributed by atoms with E-state index in [1.54, 1.807) is 36.4 Å². The molecule has 0 aliphatic carbocycles. The number of ether oxygens (including phenoxy) is 1. The maximum absolute atomic E-state index is 11.8. The Kier molecular flexibility index (Phi) is 4.48. The van der Waals surface area contributed by atoms with Crippen molar-refractivity contribution >= 4 is 18.0 Å². The molecule has 124 valence electrons. The van der Waals surface area contributed by atoms with Gasteiger partial charge in [-0.25, -0.2) is 4.79 Å². The fraction of sp³-hybridized carbons (Fsp3) is 0.105. The number of likely N-dealkylation sites (N-methyl/N-ethyl adjacent to an activating group) is 1. The van der Waals surface area contributed by atoms with E-state index in [0.29, 0.717) is 17.9 Å². The number of nitriles is 1. The van der Waals surface area contributed by atoms with Gasteiger partial charge in [0.25, 0.3) is 5.91 Å². The molecule has 6 nitrogen and oxygen atoms in total. The largest absolute Gasteiger partial charge is 0.489 e. The van der Waals surface area contributed by atoms with Crippen LogP contribution in [0.3, 0.4) is 0 Å². The zero-order chi connectivity index (χ0) is 17.8. The van der Waals surface area contributed by atoms with E-state index >= 15 is 0 Å². The van der Waals surface area contributed by atoms with Crippen LogP contribution in [0.1, 0.15) is 16.7 Å². The monoisotopic (exact) mass is 333 g/mol. The van der Waals surface area contributed by atoms with Crippen molar-refractivity contribution in [2.75, 3.05) is 7.05 Å². The van der Waals surface area contributed by atoms with Crippen LogP contribution in [0.2, 0.25) is 0 Å². The first-order chi connectivity index (χ1) is 12.1. The van der Waals surface area contributed by atoms with Crippen LogP contribution in [0.5, 0.6) is 5.75 Å². The van der Waals surface area contributed by atoms with Crippen LogP contribution >= 0.6 is 0 Å². The van der Waals surface area contributed by atoms with Crippen LogP contribution in [-0.2, 0) is 11.4 Å². The minimum Gasteiger partial charge on any atom is -0.489 e. The summed E-state index contributed by atoms with van der Waals surface area (Å²) in [5.74, 6) is 0.284. The smallest absolute Gasteiger partial charge is 0.328 e. The van der Waals surface area contributed by atoms with Crippen LogP contribution in [0, 0.1) is 11.3 Å². The second-order valence-corrected chi connectivity index (χ2v) is 5.48. The fourth-order valence-corrected chi connectivity index (χ4v) is 2.37. The van der Waals surface area contributed by atoms with E-state index in [1.807, 2.05) is 18.2 Å². The van der Waals surface area contributed by atoms with Crippen LogP contribution in [0.25, 0.3) is 6.08 Å². The van der Waals surface area contributed by atoms with Crippen molar-refractivity contribution in [1.82, 2.24) is 10.2 Å². The molecule has 3 rings (SSSR count). The maximum atomic E-state index is 11.8. The Morgan fingerprint density at radius 2 is 1.88 bits per heavy atom. The van der Waals surface area contributed by atoms with Gasteiger partial charge in [-0.3, -0.25) is 9.69 Å². The summed E-state index contributed by atoms with van der Waals surface area (Å²) in [5, 5.41) is 11.6. The Morgan fingerprint density at radius 3 is 2.52 bits per heavy atom. The predicted molar refractivity (Wildman–Crippen MR) is 91.2 cm³/mol. The van der Waals surface area contributed by atoms with Crippen molar-refractivity contribution in [3.05, 3.63) is 70.9 Å². The molecule has 3 amide bonds. The molecule has 25 heavy (non-hydrogen) atoms. The van der Waals surface area contributed by atoms with Crippen LogP contribution in [0.4, 0.5) is 4.79 Å². The van der Waals surface area contributed by atoms with Crippen molar-refractivity contribution < 1.29 is 14.3 Å². The first-order valence-electron chi connectivity index (χ1n) is 7.60. The van der Waals surface area contributed by atoms with Gasteiger partial charge < -0.3 is 10.1 Å². The summed E-state index contributed by atoms with van der Waals surface area (Å²) in [7, 11) is 1.43. The van der Waals surface area contributed by atoms with Gasteiger partial charge in [0.05, 0.1) is 11.6 Å². The molecule has 1 fully saturated rings. The molecule has 6 heteroatoms. The van der Waals surface area contributed by atoms with Crippen molar-refractivity contribution in [3.8, 4) is 11.8 Å². The minimum absolute atomic E-state index is 0.240. The number of hydrogen-bond donors (Lipinski definition) is 1. The Balaban J connectivity index is 1.68. The molecule has 1 N–H and O–H groups in total. The normalized spacial score (nSPS) is 15.2. The molecule has 0 unspecified atom stereocenters. The van der Waals surface area contributed by atoms with Gasteiger partial charge in [0.15, 0.2) is 0 Å². The first-order valence-corrected chi connectivity index (χ1v) is 7.60. The molecule has 2 aromatic rings. The zero-order valence-electron chi connectivity index (χ0n) is 13.5. The minimum atomic E-state index is -0.438. The van der Waals surface area contributed by atoms with Crippen LogP contribution in [-0.4, -0.2) is 23.9 Å². The van der Waals surface area contributed by atoms with Gasteiger partial charge in [-0.15, -0.1) is 0 Å². The van der Waals surface area contributed by atoms with Crippen molar-refractivity contribution in [2.24, 2.45) is 0 Å². The SMILES string of the molecule is CN1C(=O)N/C(=C/c2ccc(OCc3ccccc3C#N)cc2)C1=O. The summed E-state index contributed by atoms with van der Waals surface area (Å²) >= 11 is 0. The molecule has 0 spiro atoms. The molecule has 1 aliphatic heterocycles. The topological polar surface area (TPSA) is 82.4 Å². The second kappa shape index (κ2) is 6.89. The average Bonchev–Trinajstić information content (AvgIpc) is 2.88. The molecule has 1 saturated heterocycles. The van der Waals surface area contributed by atoms with Gasteiger partial charge in [-0.2, -0.15) is 5.26 Å². The highest BCUT2D eigenvalue weighted by molar-refractivity contribution is 6.13. The van der Waals surface area contributed by atoms with Crippen molar-refractivity contribution in [3.63, 3.8) is 0 Å². The third-order valence-electron chi connectivity index (χ3n) is 3.80. The van der Waals surface area contributed by atoms with Crippen molar-refractivity contribution in [1.29, 1.82) is 5.26 Å². The number of rotatable bonds is 4. The van der Waals surface area contributed by atoms with E-state index in [2.05, 4.69) is 11.4 Å². The molecular formula is C19H15N3O3. The maximum Gasteiger partial charge on any atom is 0.328 e. The summed E-state index contributed by atoms with van der Waals surface area (Å²) in [6.07, 6.45) is 1.61. The lowest BCUT2D eigenvalue weighted by Crippen LogP contribution is -2.25. The lowest BCUT2D eigenvalue weighted by atomic mass is 10.1. The molecule has 0 radical (unpaired) electrons. The average molecular weight is 333 g/mol. The quantitative estimate of drug-likeness (QED) is 0.689. The zero-order valence-corrected chi connectivity index (χ0v) is 13.5. The first kappa shape index (κ1) is 16.3. The number of carbonyl (C=O) groups excluding carboxylic acids is 2. The number of nitrogens with zero attached hydrogens (tertiary/aromatic N) is 2. The summed E-state index contributed by atoms with van der Waals surface area (Å²) in [4.78, 5) is 24.3. The van der Waals surface area contributed by atoms with Gasteiger partial charge in [-0.1, -0.05) is 30.3 Å². The molecule has 1 heterocycles. The van der Waals surface area contributed by atoms with E-state index in [4.69, 9.17) is 10.00 Å². The lowest BCUT2D eigenvalue weighted by molar-refractivity contribution is -0.121. The number of carbonyl (C=O) groups is 2. The third kappa shape index (κ3) is 3.51. The Labute approximate surface area is 144 Å². The lowest BCUT2D eigenvalue weighted by Gasteiger charge is -2.08. The van der Waals surface area contributed by atoms with Crippen LogP contribution < -0.4 is 10.1 Å². The summed E-state index contributed by atoms with van der Waals surface area (Å²) in [6.45, 7) is 0.295. The Morgan fingerprint density at radius 1 is 1.16 bits per heavy atom. The molecule has 0 bridgehead atoms. The Bertz CT molecular complexity index is 895. The van der Waals surface area contributed by atoms with Gasteiger partial charge in [0.1, 0.15) is 18.1 Å². The molecule has 0 aromatic heterocycles. The highest BCUT2D eigenvalue weighted by atomic mass is 16.5. The number of urea groups is 1. The molecular weight excluding hydrogens is 318 g/mol. The molecule has 0 saturated carbocycles. The summed E-state index contributed by atoms with van der Waals surface area (Å²) in [6, 6.07) is 16.1. The van der Waals surface area contributed by atoms with E-state index in [-0.39, 0.29) is 11.6 Å². The van der Waals surface area contributed by atoms with E-state index in [1.165, 1.54) is 7.05 Å². The standard InChI is InChI=1S/C19H15N3O3/c1-22-18(23)17(21-19(22)24)10-13-6-8-16(9-7-13)25-12-15-5-3-2-4-14(15)11-20/h2-10H,12H2,1H3,(H,21,24)/b17-10+. The highest BCUT2D eigenvalue weighted by Gasteiger charge is 2.29. The van der Waals surface area contributed by atoms with Crippen molar-refractivity contribution in [2.45, 2.75) is 6.61 Å². The highest BCUT2D eigenvalue weighted by Crippen LogP contribution is 2.18. The van der Waals surface area contributed by atoms with Gasteiger partial charge >= 0.3 is 6.03 Å². The Hall–Kier alpha value is -3.59. The number of benzene rings is 2. The molecule has 0 atom stereocenters. The van der Waals surface area contributed by atoms with E-state index in [0.717, 1.165) is 16.0 Å². The summed E-state index contributed by atoms with van der Waals surface area (Å²) in [5.41, 5.74) is 2.41. The van der Waals surface area contributed by atoms with Gasteiger partial charge in [0, 0.05) is 12.6 Å². The summed E-state index contributed by atoms with van der Waals surface area (Å²) < 4.78 is 5.70. The van der Waals surface area contributed by atoms with Gasteiger partial charge in [-0.05, 0) is 29.8 Å². The fourth-order valence-electron chi connectivity index (χ4n) is 2.37. The number of amides is 3. The van der Waals surface area contributed by atoms with E-state index in [9.17, 15) is 9.59 Å². The molecule has 1 aliphatic rings. The van der Waals surface area contributed by atoms with Gasteiger partial charge in [0.2, 0.25) is 0 Å². The number of nitrogens with one attached hydrogen (secondary N) is 1.